The quantitative estimate of drug-likeness (QED) is 0.849. The molecule has 0 fully saturated rings. The van der Waals surface area contributed by atoms with Crippen molar-refractivity contribution in [1.29, 1.82) is 0 Å². The topological polar surface area (TPSA) is 63.6 Å². The lowest BCUT2D eigenvalue weighted by Gasteiger charge is -2.20. The van der Waals surface area contributed by atoms with Gasteiger partial charge in [-0.15, -0.1) is 0 Å². The number of halogens is 4. The number of benzene rings is 1. The standard InChI is InChI=1S/C9H8BrF3O4S/c10-6-2-1-3-7(4-6)17-8(9(11,12)13)5-18(14,15)16/h1-4,8H,5H2,(H,14,15,16). The molecule has 0 bridgehead atoms. The molecule has 0 saturated carbocycles. The molecular weight excluding hydrogens is 341 g/mol. The fraction of sp³-hybridized carbons (Fsp3) is 0.333. The zero-order valence-electron chi connectivity index (χ0n) is 8.69. The van der Waals surface area contributed by atoms with Crippen LogP contribution in [0.5, 0.6) is 5.75 Å². The zero-order chi connectivity index (χ0) is 14.0. The second-order valence-corrected chi connectivity index (χ2v) is 5.77. The van der Waals surface area contributed by atoms with Gasteiger partial charge in [-0.1, -0.05) is 22.0 Å². The first-order valence-electron chi connectivity index (χ1n) is 4.52. The highest BCUT2D eigenvalue weighted by Gasteiger charge is 2.44. The molecule has 1 atom stereocenters. The van der Waals surface area contributed by atoms with E-state index in [1.807, 2.05) is 0 Å². The van der Waals surface area contributed by atoms with E-state index in [4.69, 9.17) is 4.55 Å². The number of hydrogen-bond donors (Lipinski definition) is 1. The van der Waals surface area contributed by atoms with Crippen LogP contribution in [-0.4, -0.2) is 31.0 Å². The van der Waals surface area contributed by atoms with Gasteiger partial charge in [0.25, 0.3) is 10.1 Å². The molecule has 1 N–H and O–H groups in total. The Labute approximate surface area is 110 Å². The summed E-state index contributed by atoms with van der Waals surface area (Å²) in [4.78, 5) is 0. The van der Waals surface area contributed by atoms with Crippen molar-refractivity contribution in [2.45, 2.75) is 12.3 Å². The monoisotopic (exact) mass is 348 g/mol. The van der Waals surface area contributed by atoms with Crippen LogP contribution >= 0.6 is 15.9 Å². The Morgan fingerprint density at radius 2 is 2.00 bits per heavy atom. The third kappa shape index (κ3) is 5.23. The third-order valence-corrected chi connectivity index (χ3v) is 3.02. The number of rotatable bonds is 4. The van der Waals surface area contributed by atoms with Gasteiger partial charge in [-0.3, -0.25) is 4.55 Å². The van der Waals surface area contributed by atoms with Gasteiger partial charge in [-0.25, -0.2) is 0 Å². The van der Waals surface area contributed by atoms with Crippen molar-refractivity contribution in [3.8, 4) is 5.75 Å². The highest BCUT2D eigenvalue weighted by Crippen LogP contribution is 2.27. The first kappa shape index (κ1) is 15.3. The summed E-state index contributed by atoms with van der Waals surface area (Å²) in [6.45, 7) is 0. The summed E-state index contributed by atoms with van der Waals surface area (Å²) in [5, 5.41) is 0. The summed E-state index contributed by atoms with van der Waals surface area (Å²) < 4.78 is 72.1. The molecule has 1 unspecified atom stereocenters. The van der Waals surface area contributed by atoms with Crippen LogP contribution in [0.4, 0.5) is 13.2 Å². The van der Waals surface area contributed by atoms with Gasteiger partial charge in [0.2, 0.25) is 6.10 Å². The lowest BCUT2D eigenvalue weighted by Crippen LogP contribution is -2.40. The van der Waals surface area contributed by atoms with Gasteiger partial charge < -0.3 is 4.74 Å². The van der Waals surface area contributed by atoms with Crippen molar-refractivity contribution < 1.29 is 30.9 Å². The minimum absolute atomic E-state index is 0.157. The fourth-order valence-electron chi connectivity index (χ4n) is 1.09. The first-order chi connectivity index (χ1) is 8.08. The number of hydrogen-bond acceptors (Lipinski definition) is 3. The largest absolute Gasteiger partial charge is 0.480 e. The van der Waals surface area contributed by atoms with Gasteiger partial charge in [0.15, 0.2) is 0 Å². The summed E-state index contributed by atoms with van der Waals surface area (Å²) in [5.74, 6) is -1.71. The average molecular weight is 349 g/mol. The second kappa shape index (κ2) is 5.45. The van der Waals surface area contributed by atoms with Crippen molar-refractivity contribution in [3.63, 3.8) is 0 Å². The van der Waals surface area contributed by atoms with E-state index >= 15 is 0 Å². The normalized spacial score (nSPS) is 14.3. The van der Waals surface area contributed by atoms with E-state index in [-0.39, 0.29) is 5.75 Å². The summed E-state index contributed by atoms with van der Waals surface area (Å²) in [6, 6.07) is 5.49. The van der Waals surface area contributed by atoms with Crippen molar-refractivity contribution in [3.05, 3.63) is 28.7 Å². The van der Waals surface area contributed by atoms with Gasteiger partial charge in [0, 0.05) is 4.47 Å². The number of alkyl halides is 3. The molecule has 9 heteroatoms. The van der Waals surface area contributed by atoms with Crippen LogP contribution in [0.1, 0.15) is 0 Å². The first-order valence-corrected chi connectivity index (χ1v) is 6.92. The van der Waals surface area contributed by atoms with E-state index in [1.54, 1.807) is 6.07 Å². The van der Waals surface area contributed by atoms with E-state index < -0.39 is 28.2 Å². The molecule has 18 heavy (non-hydrogen) atoms. The van der Waals surface area contributed by atoms with Crippen molar-refractivity contribution in [2.75, 3.05) is 5.75 Å². The Balaban J connectivity index is 2.93. The Kier molecular flexibility index (Phi) is 4.62. The molecule has 1 aromatic rings. The summed E-state index contributed by atoms with van der Waals surface area (Å²) in [7, 11) is -4.79. The van der Waals surface area contributed by atoms with Crippen LogP contribution in [0.3, 0.4) is 0 Å². The highest BCUT2D eigenvalue weighted by molar-refractivity contribution is 9.10. The smallest absolute Gasteiger partial charge is 0.426 e. The summed E-state index contributed by atoms with van der Waals surface area (Å²) in [6.07, 6.45) is -7.53. The van der Waals surface area contributed by atoms with E-state index in [1.165, 1.54) is 18.2 Å². The van der Waals surface area contributed by atoms with Gasteiger partial charge in [0.05, 0.1) is 0 Å². The number of ether oxygens (including phenoxy) is 1. The Morgan fingerprint density at radius 1 is 1.39 bits per heavy atom. The summed E-state index contributed by atoms with van der Waals surface area (Å²) in [5.41, 5.74) is 0. The molecule has 0 aromatic heterocycles. The molecule has 0 aliphatic rings. The fourth-order valence-corrected chi connectivity index (χ4v) is 2.11. The van der Waals surface area contributed by atoms with Crippen molar-refractivity contribution >= 4 is 26.0 Å². The van der Waals surface area contributed by atoms with Crippen LogP contribution in [0.15, 0.2) is 28.7 Å². The molecule has 0 spiro atoms. The van der Waals surface area contributed by atoms with Crippen LogP contribution < -0.4 is 4.74 Å². The Bertz CT molecular complexity index is 515. The molecule has 102 valence electrons. The maximum Gasteiger partial charge on any atom is 0.426 e. The molecule has 0 radical (unpaired) electrons. The van der Waals surface area contributed by atoms with Gasteiger partial charge in [0.1, 0.15) is 11.5 Å². The Morgan fingerprint density at radius 3 is 2.44 bits per heavy atom. The van der Waals surface area contributed by atoms with E-state index in [0.717, 1.165) is 0 Å². The predicted octanol–water partition coefficient (Wildman–Crippen LogP) is 2.65. The maximum atomic E-state index is 12.5. The third-order valence-electron chi connectivity index (χ3n) is 1.80. The summed E-state index contributed by atoms with van der Waals surface area (Å²) >= 11 is 3.04. The van der Waals surface area contributed by atoms with Gasteiger partial charge in [-0.05, 0) is 18.2 Å². The molecule has 0 aliphatic carbocycles. The van der Waals surface area contributed by atoms with Crippen molar-refractivity contribution in [1.82, 2.24) is 0 Å². The molecule has 1 rings (SSSR count). The minimum atomic E-state index is -4.90. The lowest BCUT2D eigenvalue weighted by atomic mass is 10.3. The van der Waals surface area contributed by atoms with Gasteiger partial charge >= 0.3 is 6.18 Å². The molecular formula is C9H8BrF3O4S. The van der Waals surface area contributed by atoms with Crippen LogP contribution in [0.2, 0.25) is 0 Å². The highest BCUT2D eigenvalue weighted by atomic mass is 79.9. The SMILES string of the molecule is O=S(=O)(O)CC(Oc1cccc(Br)c1)C(F)(F)F. The predicted molar refractivity (Wildman–Crippen MR) is 61.0 cm³/mol. The Hall–Kier alpha value is -0.800. The minimum Gasteiger partial charge on any atom is -0.480 e. The maximum absolute atomic E-state index is 12.5. The average Bonchev–Trinajstić information content (AvgIpc) is 2.13. The molecule has 0 saturated heterocycles. The molecule has 4 nitrogen and oxygen atoms in total. The van der Waals surface area contributed by atoms with Crippen LogP contribution in [-0.2, 0) is 10.1 Å². The molecule has 0 heterocycles. The van der Waals surface area contributed by atoms with Crippen LogP contribution in [0, 0.1) is 0 Å². The van der Waals surface area contributed by atoms with E-state index in [0.29, 0.717) is 4.47 Å². The molecule has 0 aliphatic heterocycles. The zero-order valence-corrected chi connectivity index (χ0v) is 11.1. The van der Waals surface area contributed by atoms with Crippen LogP contribution in [0.25, 0.3) is 0 Å². The second-order valence-electron chi connectivity index (χ2n) is 3.35. The lowest BCUT2D eigenvalue weighted by molar-refractivity contribution is -0.188. The van der Waals surface area contributed by atoms with Gasteiger partial charge in [-0.2, -0.15) is 21.6 Å². The molecule has 1 aromatic carbocycles. The molecule has 0 amide bonds. The van der Waals surface area contributed by atoms with Crippen molar-refractivity contribution in [2.24, 2.45) is 0 Å². The van der Waals surface area contributed by atoms with E-state index in [9.17, 15) is 21.6 Å². The van der Waals surface area contributed by atoms with E-state index in [2.05, 4.69) is 20.7 Å².